The molecule has 1 aliphatic rings. The molecule has 2 unspecified atom stereocenters. The maximum Gasteiger partial charge on any atom is 0.127 e. The minimum atomic E-state index is 0.327. The molecule has 2 rings (SSSR count). The van der Waals surface area contributed by atoms with E-state index >= 15 is 0 Å². The number of hydrogen-bond acceptors (Lipinski definition) is 3. The van der Waals surface area contributed by atoms with Crippen molar-refractivity contribution < 1.29 is 9.47 Å². The Bertz CT molecular complexity index is 456. The Morgan fingerprint density at radius 2 is 2.00 bits per heavy atom. The van der Waals surface area contributed by atoms with Crippen LogP contribution in [0.25, 0.3) is 0 Å². The van der Waals surface area contributed by atoms with Gasteiger partial charge in [0.1, 0.15) is 11.5 Å². The molecule has 1 fully saturated rings. The van der Waals surface area contributed by atoms with Gasteiger partial charge >= 0.3 is 0 Å². The number of nitrogens with one attached hydrogen (secondary N) is 1. The zero-order chi connectivity index (χ0) is 14.8. The molecule has 0 bridgehead atoms. The highest BCUT2D eigenvalue weighted by Crippen LogP contribution is 2.50. The molecule has 2 atom stereocenters. The third-order valence-corrected chi connectivity index (χ3v) is 4.83. The Morgan fingerprint density at radius 1 is 1.25 bits per heavy atom. The van der Waals surface area contributed by atoms with Crippen LogP contribution in [0.3, 0.4) is 0 Å². The minimum Gasteiger partial charge on any atom is -0.497 e. The van der Waals surface area contributed by atoms with Crippen LogP contribution in [-0.2, 0) is 0 Å². The lowest BCUT2D eigenvalue weighted by Crippen LogP contribution is -2.32. The van der Waals surface area contributed by atoms with Crippen LogP contribution in [0.1, 0.15) is 44.7 Å². The third-order valence-electron chi connectivity index (χ3n) is 4.83. The predicted molar refractivity (Wildman–Crippen MR) is 82.5 cm³/mol. The van der Waals surface area contributed by atoms with Gasteiger partial charge in [0.05, 0.1) is 14.2 Å². The topological polar surface area (TPSA) is 30.5 Å². The largest absolute Gasteiger partial charge is 0.497 e. The van der Waals surface area contributed by atoms with E-state index in [9.17, 15) is 0 Å². The van der Waals surface area contributed by atoms with Crippen molar-refractivity contribution in [2.45, 2.75) is 39.2 Å². The molecule has 1 aliphatic carbocycles. The van der Waals surface area contributed by atoms with Crippen molar-refractivity contribution in [1.29, 1.82) is 0 Å². The minimum absolute atomic E-state index is 0.327. The number of ether oxygens (including phenoxy) is 2. The molecule has 112 valence electrons. The maximum absolute atomic E-state index is 5.58. The quantitative estimate of drug-likeness (QED) is 0.888. The van der Waals surface area contributed by atoms with E-state index in [1.54, 1.807) is 14.2 Å². The summed E-state index contributed by atoms with van der Waals surface area (Å²) < 4.78 is 10.9. The van der Waals surface area contributed by atoms with E-state index in [-0.39, 0.29) is 0 Å². The van der Waals surface area contributed by atoms with E-state index < -0.39 is 0 Å². The Kier molecular flexibility index (Phi) is 4.59. The van der Waals surface area contributed by atoms with Gasteiger partial charge in [-0.05, 0) is 37.3 Å². The fourth-order valence-electron chi connectivity index (χ4n) is 3.62. The van der Waals surface area contributed by atoms with Gasteiger partial charge in [-0.25, -0.2) is 0 Å². The molecular formula is C17H27NO2. The number of methoxy groups -OCH3 is 2. The molecular weight excluding hydrogens is 250 g/mol. The molecule has 0 saturated heterocycles. The highest BCUT2D eigenvalue weighted by atomic mass is 16.5. The summed E-state index contributed by atoms with van der Waals surface area (Å²) in [6.45, 7) is 4.76. The lowest BCUT2D eigenvalue weighted by Gasteiger charge is -2.35. The van der Waals surface area contributed by atoms with E-state index in [0.717, 1.165) is 11.5 Å². The van der Waals surface area contributed by atoms with E-state index in [1.807, 2.05) is 19.2 Å². The summed E-state index contributed by atoms with van der Waals surface area (Å²) >= 11 is 0. The molecule has 1 aromatic rings. The van der Waals surface area contributed by atoms with Gasteiger partial charge in [-0.1, -0.05) is 26.3 Å². The van der Waals surface area contributed by atoms with Crippen molar-refractivity contribution >= 4 is 0 Å². The van der Waals surface area contributed by atoms with Crippen molar-refractivity contribution in [1.82, 2.24) is 5.32 Å². The van der Waals surface area contributed by atoms with E-state index in [4.69, 9.17) is 9.47 Å². The fraction of sp³-hybridized carbons (Fsp3) is 0.647. The second-order valence-electron chi connectivity index (χ2n) is 6.36. The fourth-order valence-corrected chi connectivity index (χ4v) is 3.62. The number of rotatable bonds is 5. The van der Waals surface area contributed by atoms with E-state index in [0.29, 0.717) is 17.4 Å². The molecule has 3 heteroatoms. The SMILES string of the molecule is CNC(c1ccc(OC)cc1OC)C1CCCC1(C)C. The molecule has 1 aromatic carbocycles. The highest BCUT2D eigenvalue weighted by molar-refractivity contribution is 5.43. The molecule has 1 saturated carbocycles. The van der Waals surface area contributed by atoms with E-state index in [1.165, 1.54) is 24.8 Å². The van der Waals surface area contributed by atoms with Crippen molar-refractivity contribution in [3.8, 4) is 11.5 Å². The molecule has 1 N–H and O–H groups in total. The summed E-state index contributed by atoms with van der Waals surface area (Å²) in [5, 5.41) is 3.51. The lowest BCUT2D eigenvalue weighted by atomic mass is 9.75. The maximum atomic E-state index is 5.58. The van der Waals surface area contributed by atoms with Gasteiger partial charge < -0.3 is 14.8 Å². The summed E-state index contributed by atoms with van der Waals surface area (Å²) in [6.07, 6.45) is 3.89. The first-order valence-corrected chi connectivity index (χ1v) is 7.42. The Labute approximate surface area is 122 Å². The van der Waals surface area contributed by atoms with Gasteiger partial charge in [-0.2, -0.15) is 0 Å². The van der Waals surface area contributed by atoms with E-state index in [2.05, 4.69) is 25.2 Å². The highest BCUT2D eigenvalue weighted by Gasteiger charge is 2.40. The van der Waals surface area contributed by atoms with Crippen LogP contribution in [0.15, 0.2) is 18.2 Å². The second-order valence-corrected chi connectivity index (χ2v) is 6.36. The Hall–Kier alpha value is -1.22. The van der Waals surface area contributed by atoms with Crippen molar-refractivity contribution in [3.63, 3.8) is 0 Å². The van der Waals surface area contributed by atoms with Crippen LogP contribution in [0.4, 0.5) is 0 Å². The van der Waals surface area contributed by atoms with Crippen LogP contribution in [0, 0.1) is 11.3 Å². The summed E-state index contributed by atoms with van der Waals surface area (Å²) in [4.78, 5) is 0. The molecule has 0 aliphatic heterocycles. The summed E-state index contributed by atoms with van der Waals surface area (Å²) in [5.41, 5.74) is 1.61. The van der Waals surface area contributed by atoms with Gasteiger partial charge in [-0.15, -0.1) is 0 Å². The first kappa shape index (κ1) is 15.2. The summed E-state index contributed by atoms with van der Waals surface area (Å²) in [6, 6.07) is 6.45. The molecule has 20 heavy (non-hydrogen) atoms. The molecule has 0 amide bonds. The second kappa shape index (κ2) is 6.04. The van der Waals surface area contributed by atoms with Gasteiger partial charge in [0, 0.05) is 17.7 Å². The monoisotopic (exact) mass is 277 g/mol. The zero-order valence-corrected chi connectivity index (χ0v) is 13.3. The number of benzene rings is 1. The van der Waals surface area contributed by atoms with Crippen molar-refractivity contribution in [2.75, 3.05) is 21.3 Å². The smallest absolute Gasteiger partial charge is 0.127 e. The molecule has 0 spiro atoms. The summed E-state index contributed by atoms with van der Waals surface area (Å²) in [7, 11) is 5.46. The van der Waals surface area contributed by atoms with Gasteiger partial charge in [0.25, 0.3) is 0 Å². The predicted octanol–water partition coefficient (Wildman–Crippen LogP) is 3.79. The van der Waals surface area contributed by atoms with Crippen LogP contribution < -0.4 is 14.8 Å². The van der Waals surface area contributed by atoms with Gasteiger partial charge in [0.15, 0.2) is 0 Å². The van der Waals surface area contributed by atoms with Gasteiger partial charge in [-0.3, -0.25) is 0 Å². The first-order valence-electron chi connectivity index (χ1n) is 7.42. The van der Waals surface area contributed by atoms with Crippen molar-refractivity contribution in [3.05, 3.63) is 23.8 Å². The van der Waals surface area contributed by atoms with Gasteiger partial charge in [0.2, 0.25) is 0 Å². The van der Waals surface area contributed by atoms with Crippen LogP contribution in [0.2, 0.25) is 0 Å². The molecule has 0 heterocycles. The average Bonchev–Trinajstić information content (AvgIpc) is 2.80. The van der Waals surface area contributed by atoms with Crippen LogP contribution in [-0.4, -0.2) is 21.3 Å². The Balaban J connectivity index is 2.36. The average molecular weight is 277 g/mol. The third kappa shape index (κ3) is 2.78. The summed E-state index contributed by atoms with van der Waals surface area (Å²) in [5.74, 6) is 2.38. The van der Waals surface area contributed by atoms with Crippen LogP contribution >= 0.6 is 0 Å². The first-order chi connectivity index (χ1) is 9.53. The standard InChI is InChI=1S/C17H27NO2/c1-17(2)10-6-7-14(17)16(18-3)13-9-8-12(19-4)11-15(13)20-5/h8-9,11,14,16,18H,6-7,10H2,1-5H3. The molecule has 0 radical (unpaired) electrons. The van der Waals surface area contributed by atoms with Crippen LogP contribution in [0.5, 0.6) is 11.5 Å². The Morgan fingerprint density at radius 3 is 2.50 bits per heavy atom. The lowest BCUT2D eigenvalue weighted by molar-refractivity contribution is 0.201. The number of hydrogen-bond donors (Lipinski definition) is 1. The normalized spacial score (nSPS) is 22.6. The molecule has 3 nitrogen and oxygen atoms in total. The zero-order valence-electron chi connectivity index (χ0n) is 13.3. The van der Waals surface area contributed by atoms with Crippen molar-refractivity contribution in [2.24, 2.45) is 11.3 Å². The molecule has 0 aromatic heterocycles.